The second-order valence-corrected chi connectivity index (χ2v) is 5.44. The minimum absolute atomic E-state index is 0.978. The van der Waals surface area contributed by atoms with Crippen molar-refractivity contribution in [1.29, 1.82) is 0 Å². The van der Waals surface area contributed by atoms with E-state index in [0.29, 0.717) is 0 Å². The fourth-order valence-electron chi connectivity index (χ4n) is 2.74. The molecule has 2 heteroatoms. The Balaban J connectivity index is 2.01. The first-order valence-corrected chi connectivity index (χ1v) is 7.96. The van der Waals surface area contributed by atoms with E-state index in [2.05, 4.69) is 65.7 Å². The van der Waals surface area contributed by atoms with E-state index in [9.17, 15) is 0 Å². The fraction of sp³-hybridized carbons (Fsp3) is 0.500. The smallest absolute Gasteiger partial charge is 0.234 e. The Bertz CT molecular complexity index is 499. The van der Waals surface area contributed by atoms with Crippen LogP contribution in [-0.2, 0) is 19.5 Å². The largest absolute Gasteiger partial charge is 0.256 e. The van der Waals surface area contributed by atoms with Crippen LogP contribution in [0.25, 0.3) is 0 Å². The number of imidazole rings is 1. The van der Waals surface area contributed by atoms with Gasteiger partial charge in [0, 0.05) is 6.42 Å². The van der Waals surface area contributed by atoms with Crippen LogP contribution in [0, 0.1) is 0 Å². The van der Waals surface area contributed by atoms with Gasteiger partial charge in [-0.25, -0.2) is 9.13 Å². The monoisotopic (exact) mass is 271 g/mol. The third-order valence-corrected chi connectivity index (χ3v) is 3.85. The Labute approximate surface area is 123 Å². The number of benzene rings is 1. The molecule has 2 aromatic rings. The maximum atomic E-state index is 2.43. The van der Waals surface area contributed by atoms with Crippen LogP contribution in [0.5, 0.6) is 0 Å². The van der Waals surface area contributed by atoms with Gasteiger partial charge in [0.05, 0.1) is 6.54 Å². The van der Waals surface area contributed by atoms with Crippen LogP contribution in [0.4, 0.5) is 0 Å². The summed E-state index contributed by atoms with van der Waals surface area (Å²) in [5, 5.41) is 0. The third-order valence-electron chi connectivity index (χ3n) is 3.85. The Kier molecular flexibility index (Phi) is 5.85. The summed E-state index contributed by atoms with van der Waals surface area (Å²) < 4.78 is 4.81. The molecule has 0 fully saturated rings. The van der Waals surface area contributed by atoms with E-state index in [4.69, 9.17) is 0 Å². The summed E-state index contributed by atoms with van der Waals surface area (Å²) in [5.74, 6) is 1.44. The van der Waals surface area contributed by atoms with E-state index in [0.717, 1.165) is 19.5 Å². The summed E-state index contributed by atoms with van der Waals surface area (Å²) in [5.41, 5.74) is 1.37. The Hall–Kier alpha value is -1.57. The van der Waals surface area contributed by atoms with Crippen molar-refractivity contribution in [1.82, 2.24) is 4.57 Å². The molecule has 0 aliphatic rings. The highest BCUT2D eigenvalue weighted by Gasteiger charge is 2.14. The first-order valence-electron chi connectivity index (χ1n) is 7.96. The van der Waals surface area contributed by atoms with Crippen LogP contribution < -0.4 is 4.57 Å². The Morgan fingerprint density at radius 3 is 2.50 bits per heavy atom. The lowest BCUT2D eigenvalue weighted by atomic mass is 10.2. The highest BCUT2D eigenvalue weighted by molar-refractivity contribution is 5.15. The van der Waals surface area contributed by atoms with Gasteiger partial charge in [0.25, 0.3) is 5.82 Å². The minimum Gasteiger partial charge on any atom is -0.234 e. The number of hydrogen-bond acceptors (Lipinski definition) is 0. The average Bonchev–Trinajstić information content (AvgIpc) is 2.86. The van der Waals surface area contributed by atoms with E-state index in [1.807, 2.05) is 0 Å². The van der Waals surface area contributed by atoms with Crippen LogP contribution in [0.3, 0.4) is 0 Å². The maximum Gasteiger partial charge on any atom is 0.256 e. The van der Waals surface area contributed by atoms with Crippen LogP contribution in [0.1, 0.15) is 50.9 Å². The highest BCUT2D eigenvalue weighted by atomic mass is 15.1. The lowest BCUT2D eigenvalue weighted by molar-refractivity contribution is -0.704. The molecule has 2 rings (SSSR count). The third kappa shape index (κ3) is 3.96. The Morgan fingerprint density at radius 1 is 1.00 bits per heavy atom. The SMILES string of the molecule is CCCCCC[n+]1ccn(Cc2ccccc2)c1CC. The molecule has 0 saturated carbocycles. The lowest BCUT2D eigenvalue weighted by Crippen LogP contribution is -2.37. The molecule has 20 heavy (non-hydrogen) atoms. The van der Waals surface area contributed by atoms with Gasteiger partial charge in [0.1, 0.15) is 18.9 Å². The number of unbranched alkanes of at least 4 members (excludes halogenated alkanes) is 3. The summed E-state index contributed by atoms with van der Waals surface area (Å²) in [6.45, 7) is 6.65. The van der Waals surface area contributed by atoms with Crippen molar-refractivity contribution in [2.45, 2.75) is 59.0 Å². The van der Waals surface area contributed by atoms with Gasteiger partial charge in [-0.05, 0) is 18.4 Å². The van der Waals surface area contributed by atoms with Crippen LogP contribution >= 0.6 is 0 Å². The topological polar surface area (TPSA) is 8.81 Å². The molecule has 0 aliphatic carbocycles. The maximum absolute atomic E-state index is 2.43. The normalized spacial score (nSPS) is 10.9. The van der Waals surface area contributed by atoms with E-state index < -0.39 is 0 Å². The molecule has 108 valence electrons. The molecule has 0 atom stereocenters. The first kappa shape index (κ1) is 14.8. The quantitative estimate of drug-likeness (QED) is 0.507. The molecule has 0 amide bonds. The minimum atomic E-state index is 0.978. The molecule has 0 spiro atoms. The van der Waals surface area contributed by atoms with Gasteiger partial charge in [0.2, 0.25) is 0 Å². The molecule has 0 unspecified atom stereocenters. The molecule has 0 radical (unpaired) electrons. The lowest BCUT2D eigenvalue weighted by Gasteiger charge is -2.04. The predicted octanol–water partition coefficient (Wildman–Crippen LogP) is 3.97. The molecule has 1 heterocycles. The summed E-state index contributed by atoms with van der Waals surface area (Å²) in [6, 6.07) is 10.7. The van der Waals surface area contributed by atoms with Crippen molar-refractivity contribution in [3.63, 3.8) is 0 Å². The molecular formula is C18H27N2+. The van der Waals surface area contributed by atoms with Crippen molar-refractivity contribution < 1.29 is 4.57 Å². The molecule has 1 aromatic carbocycles. The predicted molar refractivity (Wildman–Crippen MR) is 83.7 cm³/mol. The number of nitrogens with zero attached hydrogens (tertiary/aromatic N) is 2. The van der Waals surface area contributed by atoms with Gasteiger partial charge >= 0.3 is 0 Å². The van der Waals surface area contributed by atoms with Gasteiger partial charge in [-0.15, -0.1) is 0 Å². The molecule has 0 N–H and O–H groups in total. The summed E-state index contributed by atoms with van der Waals surface area (Å²) in [4.78, 5) is 0. The highest BCUT2D eigenvalue weighted by Crippen LogP contribution is 2.06. The van der Waals surface area contributed by atoms with E-state index in [1.54, 1.807) is 0 Å². The number of aromatic nitrogens is 2. The number of aryl methyl sites for hydroxylation is 1. The standard InChI is InChI=1S/C18H27N2/c1-3-5-6-10-13-19-14-15-20(18(19)4-2)16-17-11-8-7-9-12-17/h7-9,11-12,14-15H,3-6,10,13,16H2,1-2H3/q+1. The van der Waals surface area contributed by atoms with Crippen molar-refractivity contribution in [2.24, 2.45) is 0 Å². The molecule has 0 saturated heterocycles. The molecule has 2 nitrogen and oxygen atoms in total. The Morgan fingerprint density at radius 2 is 1.80 bits per heavy atom. The van der Waals surface area contributed by atoms with E-state index in [-0.39, 0.29) is 0 Å². The summed E-state index contributed by atoms with van der Waals surface area (Å²) >= 11 is 0. The molecule has 0 bridgehead atoms. The fourth-order valence-corrected chi connectivity index (χ4v) is 2.74. The summed E-state index contributed by atoms with van der Waals surface area (Å²) in [6.07, 6.45) is 10.9. The first-order chi connectivity index (χ1) is 9.85. The van der Waals surface area contributed by atoms with Gasteiger partial charge in [-0.1, -0.05) is 57.0 Å². The summed E-state index contributed by atoms with van der Waals surface area (Å²) in [7, 11) is 0. The zero-order chi connectivity index (χ0) is 14.2. The van der Waals surface area contributed by atoms with Crippen molar-refractivity contribution >= 4 is 0 Å². The van der Waals surface area contributed by atoms with E-state index in [1.165, 1.54) is 37.1 Å². The van der Waals surface area contributed by atoms with Crippen LogP contribution in [-0.4, -0.2) is 4.57 Å². The van der Waals surface area contributed by atoms with Gasteiger partial charge in [0.15, 0.2) is 0 Å². The van der Waals surface area contributed by atoms with Crippen LogP contribution in [0.2, 0.25) is 0 Å². The molecular weight excluding hydrogens is 244 g/mol. The van der Waals surface area contributed by atoms with Crippen molar-refractivity contribution in [2.75, 3.05) is 0 Å². The van der Waals surface area contributed by atoms with Crippen molar-refractivity contribution in [3.8, 4) is 0 Å². The number of rotatable bonds is 8. The van der Waals surface area contributed by atoms with Crippen LogP contribution in [0.15, 0.2) is 42.7 Å². The van der Waals surface area contributed by atoms with E-state index >= 15 is 0 Å². The zero-order valence-electron chi connectivity index (χ0n) is 12.9. The van der Waals surface area contributed by atoms with Gasteiger partial charge in [-0.2, -0.15) is 0 Å². The molecule has 0 aliphatic heterocycles. The van der Waals surface area contributed by atoms with Gasteiger partial charge in [-0.3, -0.25) is 0 Å². The molecule has 1 aromatic heterocycles. The van der Waals surface area contributed by atoms with Crippen molar-refractivity contribution in [3.05, 3.63) is 54.1 Å². The van der Waals surface area contributed by atoms with Gasteiger partial charge < -0.3 is 0 Å². The average molecular weight is 271 g/mol. The second kappa shape index (κ2) is 7.88. The number of hydrogen-bond donors (Lipinski definition) is 0. The second-order valence-electron chi connectivity index (χ2n) is 5.44. The zero-order valence-corrected chi connectivity index (χ0v) is 12.9.